The number of hydrogen-bond acceptors (Lipinski definition) is 6. The molecule has 0 aromatic heterocycles. The van der Waals surface area contributed by atoms with E-state index in [4.69, 9.17) is 14.2 Å². The number of carbonyl (C=O) groups excluding carboxylic acids is 1. The van der Waals surface area contributed by atoms with Gasteiger partial charge in [0.05, 0.1) is 25.8 Å². The third-order valence-corrected chi connectivity index (χ3v) is 7.17. The number of likely N-dealkylation sites (tertiary alicyclic amines) is 1. The molecule has 0 unspecified atom stereocenters. The maximum absolute atomic E-state index is 13.7. The van der Waals surface area contributed by atoms with Gasteiger partial charge in [-0.3, -0.25) is 4.79 Å². The first-order chi connectivity index (χ1) is 17.6. The number of nitrogens with one attached hydrogen (secondary N) is 1. The standard InChI is InChI=1S/C29H26N2O5/c1-34-21-4-2-3-18(13-21)5-6-19-7-9-24-23(14-19)28-22(25(16-32)30-24)11-12-31(28)29(33)20-8-10-26-27(15-20)36-17-35-26/h2-4,7-10,13-15,22,25,28,30,32H,11-12,16-17H2,1H3/t22-,25+,28-/m0/s1. The molecule has 3 aromatic carbocycles. The molecule has 3 aromatic rings. The van der Waals surface area contributed by atoms with Crippen molar-refractivity contribution in [3.05, 3.63) is 82.9 Å². The zero-order valence-electron chi connectivity index (χ0n) is 19.9. The average molecular weight is 483 g/mol. The van der Waals surface area contributed by atoms with Gasteiger partial charge >= 0.3 is 0 Å². The molecule has 1 fully saturated rings. The Kier molecular flexibility index (Phi) is 5.67. The summed E-state index contributed by atoms with van der Waals surface area (Å²) in [6, 6.07) is 18.7. The highest BCUT2D eigenvalue weighted by Crippen LogP contribution is 2.47. The van der Waals surface area contributed by atoms with Gasteiger partial charge in [0.25, 0.3) is 5.91 Å². The number of fused-ring (bicyclic) bond motifs is 4. The summed E-state index contributed by atoms with van der Waals surface area (Å²) in [6.45, 7) is 0.780. The van der Waals surface area contributed by atoms with Gasteiger partial charge in [-0.2, -0.15) is 0 Å². The molecule has 3 heterocycles. The summed E-state index contributed by atoms with van der Waals surface area (Å²) in [4.78, 5) is 15.6. The van der Waals surface area contributed by atoms with E-state index in [9.17, 15) is 9.90 Å². The summed E-state index contributed by atoms with van der Waals surface area (Å²) in [5.41, 5.74) is 4.24. The van der Waals surface area contributed by atoms with Crippen LogP contribution >= 0.6 is 0 Å². The number of amides is 1. The molecule has 0 spiro atoms. The Morgan fingerprint density at radius 1 is 1.08 bits per heavy atom. The third-order valence-electron chi connectivity index (χ3n) is 7.17. The second kappa shape index (κ2) is 9.14. The number of ether oxygens (including phenoxy) is 3. The van der Waals surface area contributed by atoms with Crippen molar-refractivity contribution in [2.45, 2.75) is 18.5 Å². The number of carbonyl (C=O) groups is 1. The molecule has 3 aliphatic heterocycles. The molecule has 36 heavy (non-hydrogen) atoms. The number of anilines is 1. The molecule has 1 amide bonds. The van der Waals surface area contributed by atoms with Crippen LogP contribution < -0.4 is 19.5 Å². The lowest BCUT2D eigenvalue weighted by Gasteiger charge is -2.39. The third kappa shape index (κ3) is 3.90. The highest BCUT2D eigenvalue weighted by atomic mass is 16.7. The number of aliphatic hydroxyl groups excluding tert-OH is 1. The van der Waals surface area contributed by atoms with Crippen LogP contribution in [0.2, 0.25) is 0 Å². The Balaban J connectivity index is 1.34. The van der Waals surface area contributed by atoms with Gasteiger partial charge in [0, 0.05) is 34.8 Å². The highest BCUT2D eigenvalue weighted by molar-refractivity contribution is 5.95. The van der Waals surface area contributed by atoms with Gasteiger partial charge in [-0.15, -0.1) is 0 Å². The Morgan fingerprint density at radius 2 is 1.92 bits per heavy atom. The van der Waals surface area contributed by atoms with Gasteiger partial charge in [-0.25, -0.2) is 0 Å². The van der Waals surface area contributed by atoms with Gasteiger partial charge < -0.3 is 29.5 Å². The first-order valence-electron chi connectivity index (χ1n) is 12.0. The van der Waals surface area contributed by atoms with Gasteiger partial charge in [0.1, 0.15) is 5.75 Å². The van der Waals surface area contributed by atoms with E-state index in [0.717, 1.165) is 34.5 Å². The van der Waals surface area contributed by atoms with E-state index in [1.54, 1.807) is 25.3 Å². The van der Waals surface area contributed by atoms with E-state index in [2.05, 4.69) is 23.2 Å². The lowest BCUT2D eigenvalue weighted by Crippen LogP contribution is -2.42. The Morgan fingerprint density at radius 3 is 2.75 bits per heavy atom. The van der Waals surface area contributed by atoms with Crippen molar-refractivity contribution >= 4 is 11.6 Å². The van der Waals surface area contributed by atoms with Crippen LogP contribution in [-0.4, -0.2) is 49.0 Å². The largest absolute Gasteiger partial charge is 0.497 e. The molecule has 3 atom stereocenters. The van der Waals surface area contributed by atoms with E-state index >= 15 is 0 Å². The van der Waals surface area contributed by atoms with Crippen molar-refractivity contribution < 1.29 is 24.1 Å². The fraction of sp³-hybridized carbons (Fsp3) is 0.276. The average Bonchev–Trinajstić information content (AvgIpc) is 3.58. The van der Waals surface area contributed by atoms with Crippen LogP contribution in [0.25, 0.3) is 0 Å². The van der Waals surface area contributed by atoms with Crippen molar-refractivity contribution in [1.29, 1.82) is 0 Å². The lowest BCUT2D eigenvalue weighted by atomic mass is 9.82. The van der Waals surface area contributed by atoms with Gasteiger partial charge in [0.15, 0.2) is 11.5 Å². The van der Waals surface area contributed by atoms with Crippen LogP contribution in [0, 0.1) is 17.8 Å². The number of aliphatic hydroxyl groups is 1. The summed E-state index contributed by atoms with van der Waals surface area (Å²) < 4.78 is 16.2. The molecule has 3 aliphatic rings. The van der Waals surface area contributed by atoms with E-state index in [1.165, 1.54) is 0 Å². The SMILES string of the molecule is COc1cccc(C#Cc2ccc3c(c2)[C@@H]2[C@@H](CCN2C(=O)c2ccc4c(c2)OCO4)[C@@H](CO)N3)c1. The van der Waals surface area contributed by atoms with Crippen LogP contribution in [0.15, 0.2) is 60.7 Å². The maximum atomic E-state index is 13.7. The fourth-order valence-corrected chi connectivity index (χ4v) is 5.41. The maximum Gasteiger partial charge on any atom is 0.254 e. The number of hydrogen-bond donors (Lipinski definition) is 2. The molecule has 1 saturated heterocycles. The normalized spacial score (nSPS) is 21.1. The Labute approximate surface area is 209 Å². The molecule has 7 heteroatoms. The number of rotatable bonds is 3. The van der Waals surface area contributed by atoms with E-state index in [-0.39, 0.29) is 37.3 Å². The zero-order chi connectivity index (χ0) is 24.6. The van der Waals surface area contributed by atoms with Crippen molar-refractivity contribution in [2.75, 3.05) is 32.4 Å². The number of benzene rings is 3. The predicted octanol–water partition coefficient (Wildman–Crippen LogP) is 3.81. The van der Waals surface area contributed by atoms with Gasteiger partial charge in [-0.1, -0.05) is 17.9 Å². The van der Waals surface area contributed by atoms with Crippen LogP contribution in [-0.2, 0) is 0 Å². The van der Waals surface area contributed by atoms with Crippen LogP contribution in [0.3, 0.4) is 0 Å². The quantitative estimate of drug-likeness (QED) is 0.553. The predicted molar refractivity (Wildman–Crippen MR) is 134 cm³/mol. The summed E-state index contributed by atoms with van der Waals surface area (Å²) >= 11 is 0. The van der Waals surface area contributed by atoms with Gasteiger partial charge in [0.2, 0.25) is 6.79 Å². The molecular weight excluding hydrogens is 456 g/mol. The Hall–Kier alpha value is -4.15. The second-order valence-electron chi connectivity index (χ2n) is 9.18. The molecular formula is C29H26N2O5. The van der Waals surface area contributed by atoms with E-state index < -0.39 is 0 Å². The zero-order valence-corrected chi connectivity index (χ0v) is 19.9. The first kappa shape index (κ1) is 22.3. The topological polar surface area (TPSA) is 80.3 Å². The monoisotopic (exact) mass is 482 g/mol. The van der Waals surface area contributed by atoms with Crippen molar-refractivity contribution in [3.63, 3.8) is 0 Å². The molecule has 7 nitrogen and oxygen atoms in total. The molecule has 182 valence electrons. The molecule has 0 aliphatic carbocycles. The Bertz CT molecular complexity index is 1390. The van der Waals surface area contributed by atoms with Crippen molar-refractivity contribution in [2.24, 2.45) is 5.92 Å². The molecule has 2 N–H and O–H groups in total. The smallest absolute Gasteiger partial charge is 0.254 e. The van der Waals surface area contributed by atoms with Crippen molar-refractivity contribution in [1.82, 2.24) is 4.90 Å². The van der Waals surface area contributed by atoms with Crippen LogP contribution in [0.4, 0.5) is 5.69 Å². The summed E-state index contributed by atoms with van der Waals surface area (Å²) in [6.07, 6.45) is 0.804. The van der Waals surface area contributed by atoms with Crippen LogP contribution in [0.1, 0.15) is 39.5 Å². The van der Waals surface area contributed by atoms with E-state index in [1.807, 2.05) is 41.3 Å². The minimum absolute atomic E-state index is 0.00403. The molecule has 0 radical (unpaired) electrons. The summed E-state index contributed by atoms with van der Waals surface area (Å²) in [5, 5.41) is 13.6. The summed E-state index contributed by atoms with van der Waals surface area (Å²) in [7, 11) is 1.64. The first-order valence-corrected chi connectivity index (χ1v) is 12.0. The number of methoxy groups -OCH3 is 1. The van der Waals surface area contributed by atoms with E-state index in [0.29, 0.717) is 23.6 Å². The molecule has 0 bridgehead atoms. The second-order valence-corrected chi connectivity index (χ2v) is 9.18. The molecule has 6 rings (SSSR count). The highest BCUT2D eigenvalue weighted by Gasteiger charge is 2.46. The number of nitrogens with zero attached hydrogens (tertiary/aromatic N) is 1. The fourth-order valence-electron chi connectivity index (χ4n) is 5.41. The minimum atomic E-state index is -0.158. The summed E-state index contributed by atoms with van der Waals surface area (Å²) in [5.74, 6) is 8.51. The van der Waals surface area contributed by atoms with Crippen LogP contribution in [0.5, 0.6) is 17.2 Å². The molecule has 0 saturated carbocycles. The van der Waals surface area contributed by atoms with Gasteiger partial charge in [-0.05, 0) is 66.6 Å². The lowest BCUT2D eigenvalue weighted by molar-refractivity contribution is 0.0700. The van der Waals surface area contributed by atoms with Crippen molar-refractivity contribution in [3.8, 4) is 29.1 Å². The minimum Gasteiger partial charge on any atom is -0.497 e.